The highest BCUT2D eigenvalue weighted by molar-refractivity contribution is 5.35. The molecule has 0 saturated carbocycles. The molecule has 25 heavy (non-hydrogen) atoms. The zero-order chi connectivity index (χ0) is 17.6. The second kappa shape index (κ2) is 8.08. The van der Waals surface area contributed by atoms with Gasteiger partial charge in [0.2, 0.25) is 0 Å². The second-order valence-electron chi connectivity index (χ2n) is 6.34. The van der Waals surface area contributed by atoms with Crippen LogP contribution in [0.2, 0.25) is 0 Å². The summed E-state index contributed by atoms with van der Waals surface area (Å²) in [5.74, 6) is -0.249. The summed E-state index contributed by atoms with van der Waals surface area (Å²) in [5.41, 5.74) is 4.30. The fourth-order valence-electron chi connectivity index (χ4n) is 3.08. The summed E-state index contributed by atoms with van der Waals surface area (Å²) in [7, 11) is 0. The van der Waals surface area contributed by atoms with E-state index in [-0.39, 0.29) is 11.9 Å². The van der Waals surface area contributed by atoms with E-state index >= 15 is 0 Å². The van der Waals surface area contributed by atoms with Crippen molar-refractivity contribution in [1.29, 1.82) is 0 Å². The van der Waals surface area contributed by atoms with Crippen molar-refractivity contribution in [3.05, 3.63) is 83.4 Å². The van der Waals surface area contributed by atoms with Gasteiger partial charge in [-0.3, -0.25) is 0 Å². The van der Waals surface area contributed by atoms with Gasteiger partial charge in [0.1, 0.15) is 5.82 Å². The first-order valence-electron chi connectivity index (χ1n) is 8.73. The van der Waals surface area contributed by atoms with E-state index in [9.17, 15) is 4.39 Å². The molecule has 4 heteroatoms. The van der Waals surface area contributed by atoms with Crippen LogP contribution in [0.1, 0.15) is 36.2 Å². The molecule has 1 heterocycles. The Hall–Kier alpha value is -2.46. The van der Waals surface area contributed by atoms with Crippen molar-refractivity contribution in [1.82, 2.24) is 15.1 Å². The maximum atomic E-state index is 13.4. The van der Waals surface area contributed by atoms with E-state index in [1.54, 1.807) is 10.7 Å². The Morgan fingerprint density at radius 1 is 1.12 bits per heavy atom. The molecule has 3 nitrogen and oxygen atoms in total. The molecule has 3 aromatic rings. The number of aryl methyl sites for hydroxylation is 1. The van der Waals surface area contributed by atoms with Gasteiger partial charge in [-0.2, -0.15) is 5.10 Å². The van der Waals surface area contributed by atoms with Crippen LogP contribution in [0.5, 0.6) is 0 Å². The molecule has 0 amide bonds. The Balaban J connectivity index is 1.58. The topological polar surface area (TPSA) is 29.9 Å². The van der Waals surface area contributed by atoms with Crippen LogP contribution in [0.15, 0.2) is 60.8 Å². The van der Waals surface area contributed by atoms with E-state index in [4.69, 9.17) is 0 Å². The molecule has 2 aromatic carbocycles. The molecule has 1 atom stereocenters. The summed E-state index contributed by atoms with van der Waals surface area (Å²) in [6, 6.07) is 17.3. The summed E-state index contributed by atoms with van der Waals surface area (Å²) in [6.07, 6.45) is 4.03. The molecule has 130 valence electrons. The van der Waals surface area contributed by atoms with Crippen molar-refractivity contribution in [3.63, 3.8) is 0 Å². The van der Waals surface area contributed by atoms with Gasteiger partial charge in [0.15, 0.2) is 0 Å². The van der Waals surface area contributed by atoms with Crippen LogP contribution in [-0.2, 0) is 6.42 Å². The van der Waals surface area contributed by atoms with Crippen molar-refractivity contribution in [2.24, 2.45) is 0 Å². The molecule has 3 rings (SSSR count). The number of nitrogens with one attached hydrogen (secondary N) is 1. The third-order valence-corrected chi connectivity index (χ3v) is 4.50. The predicted octanol–water partition coefficient (Wildman–Crippen LogP) is 4.60. The van der Waals surface area contributed by atoms with Crippen molar-refractivity contribution >= 4 is 0 Å². The summed E-state index contributed by atoms with van der Waals surface area (Å²) < 4.78 is 15.2. The quantitative estimate of drug-likeness (QED) is 0.638. The first-order valence-corrected chi connectivity index (χ1v) is 8.73. The molecule has 0 bridgehead atoms. The van der Waals surface area contributed by atoms with Gasteiger partial charge in [-0.05, 0) is 57.0 Å². The first kappa shape index (κ1) is 17.4. The highest BCUT2D eigenvalue weighted by Gasteiger charge is 2.14. The van der Waals surface area contributed by atoms with Crippen molar-refractivity contribution in [2.75, 3.05) is 6.54 Å². The van der Waals surface area contributed by atoms with Gasteiger partial charge in [-0.25, -0.2) is 9.07 Å². The van der Waals surface area contributed by atoms with Crippen LogP contribution in [0, 0.1) is 12.7 Å². The third kappa shape index (κ3) is 4.34. The minimum absolute atomic E-state index is 0.207. The highest BCUT2D eigenvalue weighted by Crippen LogP contribution is 2.20. The van der Waals surface area contributed by atoms with Crippen molar-refractivity contribution < 1.29 is 4.39 Å². The molecule has 0 aliphatic heterocycles. The number of hydrogen-bond acceptors (Lipinski definition) is 2. The number of halogens is 1. The monoisotopic (exact) mass is 337 g/mol. The van der Waals surface area contributed by atoms with Crippen molar-refractivity contribution in [2.45, 2.75) is 32.7 Å². The molecule has 1 aromatic heterocycles. The van der Waals surface area contributed by atoms with Crippen LogP contribution in [-0.4, -0.2) is 16.3 Å². The Morgan fingerprint density at radius 3 is 2.68 bits per heavy atom. The lowest BCUT2D eigenvalue weighted by atomic mass is 10.1. The Bertz CT molecular complexity index is 811. The maximum Gasteiger partial charge on any atom is 0.125 e. The number of rotatable bonds is 7. The summed E-state index contributed by atoms with van der Waals surface area (Å²) in [5, 5.41) is 7.99. The van der Waals surface area contributed by atoms with Crippen LogP contribution in [0.4, 0.5) is 4.39 Å². The van der Waals surface area contributed by atoms with E-state index in [1.807, 2.05) is 25.3 Å². The molecule has 1 unspecified atom stereocenters. The van der Waals surface area contributed by atoms with E-state index in [0.29, 0.717) is 0 Å². The number of nitrogens with zero attached hydrogens (tertiary/aromatic N) is 2. The van der Waals surface area contributed by atoms with Gasteiger partial charge in [0, 0.05) is 17.3 Å². The number of benzene rings is 2. The lowest BCUT2D eigenvalue weighted by Crippen LogP contribution is -2.20. The molecule has 1 N–H and O–H groups in total. The summed E-state index contributed by atoms with van der Waals surface area (Å²) >= 11 is 0. The fourth-order valence-corrected chi connectivity index (χ4v) is 3.08. The average Bonchev–Trinajstić information content (AvgIpc) is 3.01. The van der Waals surface area contributed by atoms with E-state index in [2.05, 4.69) is 41.6 Å². The average molecular weight is 337 g/mol. The van der Waals surface area contributed by atoms with Gasteiger partial charge in [-0.1, -0.05) is 36.4 Å². The minimum Gasteiger partial charge on any atom is -0.310 e. The molecule has 0 spiro atoms. The molecular weight excluding hydrogens is 313 g/mol. The molecule has 0 saturated heterocycles. The molecule has 0 fully saturated rings. The van der Waals surface area contributed by atoms with Crippen LogP contribution < -0.4 is 5.32 Å². The second-order valence-corrected chi connectivity index (χ2v) is 6.34. The van der Waals surface area contributed by atoms with Gasteiger partial charge < -0.3 is 5.32 Å². The lowest BCUT2D eigenvalue weighted by molar-refractivity contribution is 0.556. The third-order valence-electron chi connectivity index (χ3n) is 4.50. The lowest BCUT2D eigenvalue weighted by Gasteiger charge is -2.14. The minimum atomic E-state index is -0.249. The summed E-state index contributed by atoms with van der Waals surface area (Å²) in [4.78, 5) is 0. The van der Waals surface area contributed by atoms with Gasteiger partial charge in [-0.15, -0.1) is 0 Å². The fraction of sp³-hybridized carbons (Fsp3) is 0.286. The number of aromatic nitrogens is 2. The normalized spacial score (nSPS) is 12.3. The smallest absolute Gasteiger partial charge is 0.125 e. The maximum absolute atomic E-state index is 13.4. The van der Waals surface area contributed by atoms with Crippen LogP contribution in [0.25, 0.3) is 5.69 Å². The first-order chi connectivity index (χ1) is 12.1. The van der Waals surface area contributed by atoms with Gasteiger partial charge >= 0.3 is 0 Å². The van der Waals surface area contributed by atoms with Gasteiger partial charge in [0.05, 0.1) is 11.9 Å². The van der Waals surface area contributed by atoms with E-state index in [0.717, 1.165) is 36.3 Å². The molecular formula is C21H24FN3. The van der Waals surface area contributed by atoms with Crippen molar-refractivity contribution in [3.8, 4) is 5.69 Å². The summed E-state index contributed by atoms with van der Waals surface area (Å²) in [6.45, 7) is 5.11. The van der Waals surface area contributed by atoms with Crippen LogP contribution in [0.3, 0.4) is 0 Å². The van der Waals surface area contributed by atoms with E-state index < -0.39 is 0 Å². The predicted molar refractivity (Wildman–Crippen MR) is 99.4 cm³/mol. The molecule has 0 aliphatic carbocycles. The Labute approximate surface area is 148 Å². The Kier molecular flexibility index (Phi) is 5.61. The highest BCUT2D eigenvalue weighted by atomic mass is 19.1. The molecule has 0 radical (unpaired) electrons. The van der Waals surface area contributed by atoms with Gasteiger partial charge in [0.25, 0.3) is 0 Å². The molecule has 0 aliphatic rings. The zero-order valence-corrected chi connectivity index (χ0v) is 14.7. The largest absolute Gasteiger partial charge is 0.310 e. The number of hydrogen-bond donors (Lipinski definition) is 1. The van der Waals surface area contributed by atoms with E-state index in [1.165, 1.54) is 17.7 Å². The zero-order valence-electron chi connectivity index (χ0n) is 14.7. The Morgan fingerprint density at radius 2 is 1.92 bits per heavy atom. The van der Waals surface area contributed by atoms with Crippen LogP contribution >= 0.6 is 0 Å². The SMILES string of the molecule is Cc1c(C(C)NCCCc2ccccc2)cnn1-c1cccc(F)c1. The standard InChI is InChI=1S/C21H24FN3/c1-16(23-13-7-10-18-8-4-3-5-9-18)21-15-24-25(17(21)2)20-12-6-11-19(22)14-20/h3-6,8-9,11-12,14-16,23H,7,10,13H2,1-2H3.